The van der Waals surface area contributed by atoms with Crippen molar-refractivity contribution in [2.24, 2.45) is 0 Å². The number of nitrogens with zero attached hydrogens (tertiary/aromatic N) is 3. The van der Waals surface area contributed by atoms with Crippen molar-refractivity contribution >= 4 is 28.5 Å². The largest absolute Gasteiger partial charge is 0.493 e. The third kappa shape index (κ3) is 7.66. The van der Waals surface area contributed by atoms with Crippen LogP contribution in [0.2, 0.25) is 0 Å². The van der Waals surface area contributed by atoms with Gasteiger partial charge in [-0.15, -0.1) is 16.8 Å². The van der Waals surface area contributed by atoms with Gasteiger partial charge in [0.2, 0.25) is 5.13 Å². The summed E-state index contributed by atoms with van der Waals surface area (Å²) in [5.74, 6) is 1.22. The van der Waals surface area contributed by atoms with E-state index in [1.807, 2.05) is 57.2 Å². The van der Waals surface area contributed by atoms with Gasteiger partial charge in [-0.2, -0.15) is 5.26 Å². The number of carbonyl (C=O) groups excluding carboxylic acids is 1. The van der Waals surface area contributed by atoms with Crippen LogP contribution in [0.15, 0.2) is 60.7 Å². The van der Waals surface area contributed by atoms with Gasteiger partial charge in [0, 0.05) is 5.41 Å². The third-order valence-electron chi connectivity index (χ3n) is 5.09. The molecule has 9 heteroatoms. The Balaban J connectivity index is 1.63. The minimum Gasteiger partial charge on any atom is -0.493 e. The molecule has 3 rings (SSSR count). The second kappa shape index (κ2) is 12.7. The van der Waals surface area contributed by atoms with E-state index >= 15 is 0 Å². The molecule has 0 radical (unpaired) electrons. The van der Waals surface area contributed by atoms with Crippen molar-refractivity contribution in [1.29, 1.82) is 5.26 Å². The highest BCUT2D eigenvalue weighted by molar-refractivity contribution is 7.15. The fourth-order valence-electron chi connectivity index (χ4n) is 3.22. The first-order valence-corrected chi connectivity index (χ1v) is 12.5. The summed E-state index contributed by atoms with van der Waals surface area (Å²) in [4.78, 5) is 12.6. The second-order valence-corrected chi connectivity index (χ2v) is 9.97. The molecular formula is C28H30N4O4S. The van der Waals surface area contributed by atoms with Crippen LogP contribution in [-0.4, -0.2) is 36.4 Å². The lowest BCUT2D eigenvalue weighted by Crippen LogP contribution is -2.13. The van der Waals surface area contributed by atoms with Gasteiger partial charge in [0.05, 0.1) is 7.11 Å². The number of anilines is 1. The lowest BCUT2D eigenvalue weighted by Gasteiger charge is -2.13. The molecule has 1 heterocycles. The molecule has 0 atom stereocenters. The highest BCUT2D eigenvalue weighted by Gasteiger charge is 2.21. The van der Waals surface area contributed by atoms with Crippen molar-refractivity contribution in [1.82, 2.24) is 10.2 Å². The van der Waals surface area contributed by atoms with Crippen LogP contribution in [0.3, 0.4) is 0 Å². The lowest BCUT2D eigenvalue weighted by atomic mass is 9.98. The van der Waals surface area contributed by atoms with E-state index in [1.165, 1.54) is 24.5 Å². The summed E-state index contributed by atoms with van der Waals surface area (Å²) in [6.07, 6.45) is 4.04. The zero-order valence-electron chi connectivity index (χ0n) is 21.4. The maximum absolute atomic E-state index is 12.6. The van der Waals surface area contributed by atoms with Crippen molar-refractivity contribution in [3.63, 3.8) is 0 Å². The van der Waals surface area contributed by atoms with Crippen molar-refractivity contribution in [3.05, 3.63) is 76.8 Å². The van der Waals surface area contributed by atoms with Crippen molar-refractivity contribution in [3.8, 4) is 23.3 Å². The Bertz CT molecular complexity index is 1320. The summed E-state index contributed by atoms with van der Waals surface area (Å²) < 4.78 is 17.2. The van der Waals surface area contributed by atoms with E-state index in [9.17, 15) is 10.1 Å². The number of hydrogen-bond donors (Lipinski definition) is 1. The Hall–Kier alpha value is -4.16. The van der Waals surface area contributed by atoms with E-state index in [2.05, 4.69) is 22.1 Å². The molecule has 3 aromatic rings. The first-order valence-electron chi connectivity index (χ1n) is 11.6. The minimum absolute atomic E-state index is 0.0742. The lowest BCUT2D eigenvalue weighted by molar-refractivity contribution is -0.112. The molecule has 0 saturated carbocycles. The van der Waals surface area contributed by atoms with E-state index < -0.39 is 5.91 Å². The number of benzene rings is 2. The second-order valence-electron chi connectivity index (χ2n) is 8.99. The summed E-state index contributed by atoms with van der Waals surface area (Å²) in [7, 11) is 1.53. The van der Waals surface area contributed by atoms with Gasteiger partial charge in [0.1, 0.15) is 35.6 Å². The number of nitrogens with one attached hydrogen (secondary N) is 1. The molecule has 1 aromatic heterocycles. The highest BCUT2D eigenvalue weighted by atomic mass is 32.1. The fraction of sp³-hybridized carbons (Fsp3) is 0.286. The predicted molar refractivity (Wildman–Crippen MR) is 145 cm³/mol. The number of amides is 1. The average molecular weight is 519 g/mol. The number of methoxy groups -OCH3 is 1. The average Bonchev–Trinajstić information content (AvgIpc) is 3.35. The van der Waals surface area contributed by atoms with Crippen molar-refractivity contribution in [2.75, 3.05) is 25.6 Å². The van der Waals surface area contributed by atoms with Crippen LogP contribution < -0.4 is 19.5 Å². The van der Waals surface area contributed by atoms with Crippen LogP contribution in [0.4, 0.5) is 5.13 Å². The Kier molecular flexibility index (Phi) is 9.41. The SMILES string of the molecule is C=CCc1ccccc1OCCOc1ccc(C=C(C#N)C(=O)Nc2nnc(C(C)(C)C)s2)cc1OC. The van der Waals surface area contributed by atoms with E-state index in [4.69, 9.17) is 14.2 Å². The Morgan fingerprint density at radius 1 is 1.11 bits per heavy atom. The van der Waals surface area contributed by atoms with Crippen LogP contribution in [0.25, 0.3) is 6.08 Å². The van der Waals surface area contributed by atoms with E-state index in [-0.39, 0.29) is 11.0 Å². The van der Waals surface area contributed by atoms with Gasteiger partial charge in [-0.1, -0.05) is 62.4 Å². The van der Waals surface area contributed by atoms with E-state index in [1.54, 1.807) is 18.2 Å². The van der Waals surface area contributed by atoms with Crippen LogP contribution in [0.1, 0.15) is 36.9 Å². The van der Waals surface area contributed by atoms with Gasteiger partial charge in [-0.05, 0) is 41.8 Å². The molecular weight excluding hydrogens is 488 g/mol. The number of allylic oxidation sites excluding steroid dienone is 1. The molecule has 37 heavy (non-hydrogen) atoms. The molecule has 0 aliphatic heterocycles. The number of aromatic nitrogens is 2. The molecule has 0 saturated heterocycles. The zero-order valence-corrected chi connectivity index (χ0v) is 22.2. The maximum atomic E-state index is 12.6. The number of para-hydroxylation sites is 1. The van der Waals surface area contributed by atoms with Gasteiger partial charge >= 0.3 is 0 Å². The van der Waals surface area contributed by atoms with E-state index in [0.717, 1.165) is 22.7 Å². The molecule has 0 aliphatic carbocycles. The normalized spacial score (nSPS) is 11.4. The summed E-state index contributed by atoms with van der Waals surface area (Å²) >= 11 is 1.28. The van der Waals surface area contributed by atoms with Crippen LogP contribution >= 0.6 is 11.3 Å². The van der Waals surface area contributed by atoms with Crippen molar-refractivity contribution < 1.29 is 19.0 Å². The molecule has 1 N–H and O–H groups in total. The van der Waals surface area contributed by atoms with Crippen LogP contribution in [0.5, 0.6) is 17.2 Å². The summed E-state index contributed by atoms with van der Waals surface area (Å²) in [5, 5.41) is 21.4. The number of nitriles is 1. The molecule has 0 aliphatic rings. The van der Waals surface area contributed by atoms with Gasteiger partial charge in [0.25, 0.3) is 5.91 Å². The van der Waals surface area contributed by atoms with Crippen molar-refractivity contribution in [2.45, 2.75) is 32.6 Å². The number of carbonyl (C=O) groups is 1. The van der Waals surface area contributed by atoms with Gasteiger partial charge in [0.15, 0.2) is 11.5 Å². The number of rotatable bonds is 11. The van der Waals surface area contributed by atoms with Gasteiger partial charge in [-0.3, -0.25) is 10.1 Å². The summed E-state index contributed by atoms with van der Waals surface area (Å²) in [5.41, 5.74) is 1.41. The molecule has 1 amide bonds. The van der Waals surface area contributed by atoms with Crippen LogP contribution in [-0.2, 0) is 16.6 Å². The number of hydrogen-bond acceptors (Lipinski definition) is 8. The first-order chi connectivity index (χ1) is 17.7. The minimum atomic E-state index is -0.563. The standard InChI is InChI=1S/C28H30N4O4S/c1-6-9-20-10-7-8-11-22(20)35-14-15-36-23-13-12-19(17-24(23)34-5)16-21(18-29)25(33)30-27-32-31-26(37-27)28(2,3)4/h6-8,10-13,16-17H,1,9,14-15H2,2-5H3,(H,30,32,33). The van der Waals surface area contributed by atoms with Gasteiger partial charge < -0.3 is 14.2 Å². The maximum Gasteiger partial charge on any atom is 0.268 e. The first kappa shape index (κ1) is 27.4. The molecule has 8 nitrogen and oxygen atoms in total. The quantitative estimate of drug-likeness (QED) is 0.153. The Morgan fingerprint density at radius 2 is 1.84 bits per heavy atom. The Labute approximate surface area is 221 Å². The Morgan fingerprint density at radius 3 is 2.49 bits per heavy atom. The topological polar surface area (TPSA) is 106 Å². The van der Waals surface area contributed by atoms with Crippen LogP contribution in [0, 0.1) is 11.3 Å². The highest BCUT2D eigenvalue weighted by Crippen LogP contribution is 2.30. The molecule has 0 unspecified atom stereocenters. The fourth-order valence-corrected chi connectivity index (χ4v) is 4.02. The third-order valence-corrected chi connectivity index (χ3v) is 6.35. The summed E-state index contributed by atoms with van der Waals surface area (Å²) in [6, 6.07) is 14.9. The molecule has 0 spiro atoms. The predicted octanol–water partition coefficient (Wildman–Crippen LogP) is 5.58. The number of ether oxygens (including phenoxy) is 3. The summed E-state index contributed by atoms with van der Waals surface area (Å²) in [6.45, 7) is 10.5. The molecule has 192 valence electrons. The van der Waals surface area contributed by atoms with E-state index in [0.29, 0.717) is 35.4 Å². The molecule has 2 aromatic carbocycles. The smallest absolute Gasteiger partial charge is 0.268 e. The monoisotopic (exact) mass is 518 g/mol. The molecule has 0 fully saturated rings. The zero-order chi connectivity index (χ0) is 26.8. The molecule has 0 bridgehead atoms. The van der Waals surface area contributed by atoms with Gasteiger partial charge in [-0.25, -0.2) is 0 Å².